The van der Waals surface area contributed by atoms with Gasteiger partial charge in [-0.2, -0.15) is 0 Å². The van der Waals surface area contributed by atoms with Crippen LogP contribution in [0.2, 0.25) is 0 Å². The van der Waals surface area contributed by atoms with E-state index in [9.17, 15) is 14.7 Å². The molecule has 0 atom stereocenters. The molecule has 3 aromatic heterocycles. The molecule has 34 heavy (non-hydrogen) atoms. The Balaban J connectivity index is 1.32. The van der Waals surface area contributed by atoms with Gasteiger partial charge in [0.2, 0.25) is 10.9 Å². The molecule has 0 radical (unpaired) electrons. The molecule has 0 saturated carbocycles. The molecule has 5 rings (SSSR count). The first-order valence-corrected chi connectivity index (χ1v) is 11.4. The van der Waals surface area contributed by atoms with E-state index >= 15 is 0 Å². The number of aromatic nitrogens is 4. The SMILES string of the molecule is CC(C)(C)c1nnc(NC(=O)Nc2ccc3[nH]c(C(=O)c4cc5cc(O)ccc5[nH]4)cc3c2)s1. The zero-order valence-corrected chi connectivity index (χ0v) is 19.5. The van der Waals surface area contributed by atoms with Gasteiger partial charge in [0.1, 0.15) is 10.8 Å². The molecule has 0 aliphatic rings. The Labute approximate surface area is 198 Å². The van der Waals surface area contributed by atoms with E-state index in [1.54, 1.807) is 48.5 Å². The van der Waals surface area contributed by atoms with Gasteiger partial charge in [-0.05, 0) is 48.5 Å². The predicted molar refractivity (Wildman–Crippen MR) is 133 cm³/mol. The predicted octanol–water partition coefficient (Wildman–Crippen LogP) is 5.38. The normalized spacial score (nSPS) is 11.7. The summed E-state index contributed by atoms with van der Waals surface area (Å²) in [6.45, 7) is 6.10. The summed E-state index contributed by atoms with van der Waals surface area (Å²) < 4.78 is 0. The number of H-pyrrole nitrogens is 2. The number of aromatic hydroxyl groups is 1. The third-order valence-electron chi connectivity index (χ3n) is 5.26. The smallest absolute Gasteiger partial charge is 0.325 e. The zero-order valence-electron chi connectivity index (χ0n) is 18.7. The fourth-order valence-corrected chi connectivity index (χ4v) is 4.35. The van der Waals surface area contributed by atoms with Crippen molar-refractivity contribution in [2.45, 2.75) is 26.2 Å². The van der Waals surface area contributed by atoms with Crippen molar-refractivity contribution in [1.29, 1.82) is 0 Å². The molecule has 2 aromatic carbocycles. The summed E-state index contributed by atoms with van der Waals surface area (Å²) in [5, 5.41) is 26.1. The van der Waals surface area contributed by atoms with E-state index in [0.29, 0.717) is 22.2 Å². The van der Waals surface area contributed by atoms with Gasteiger partial charge in [-0.3, -0.25) is 10.1 Å². The van der Waals surface area contributed by atoms with Crippen LogP contribution in [0.1, 0.15) is 42.0 Å². The Morgan fingerprint density at radius 1 is 0.882 bits per heavy atom. The van der Waals surface area contributed by atoms with E-state index in [1.165, 1.54) is 11.3 Å². The maximum atomic E-state index is 13.0. The van der Waals surface area contributed by atoms with E-state index in [-0.39, 0.29) is 16.9 Å². The lowest BCUT2D eigenvalue weighted by molar-refractivity contribution is 0.103. The van der Waals surface area contributed by atoms with Crippen LogP contribution >= 0.6 is 11.3 Å². The van der Waals surface area contributed by atoms with E-state index in [2.05, 4.69) is 30.8 Å². The molecule has 0 unspecified atom stereocenters. The van der Waals surface area contributed by atoms with Crippen LogP contribution in [0, 0.1) is 0 Å². The maximum Gasteiger partial charge on any atom is 0.325 e. The number of hydrogen-bond donors (Lipinski definition) is 5. The number of carbonyl (C=O) groups excluding carboxylic acids is 2. The van der Waals surface area contributed by atoms with Crippen molar-refractivity contribution in [3.05, 3.63) is 64.9 Å². The molecule has 0 fully saturated rings. The van der Waals surface area contributed by atoms with E-state index in [4.69, 9.17) is 0 Å². The maximum absolute atomic E-state index is 13.0. The number of rotatable bonds is 4. The van der Waals surface area contributed by atoms with Crippen LogP contribution in [0.3, 0.4) is 0 Å². The van der Waals surface area contributed by atoms with Crippen LogP contribution in [-0.2, 0) is 5.41 Å². The molecule has 3 heterocycles. The van der Waals surface area contributed by atoms with Crippen molar-refractivity contribution in [2.75, 3.05) is 10.6 Å². The topological polar surface area (TPSA) is 136 Å². The van der Waals surface area contributed by atoms with Gasteiger partial charge in [0.05, 0.1) is 11.4 Å². The minimum Gasteiger partial charge on any atom is -0.508 e. The lowest BCUT2D eigenvalue weighted by Gasteiger charge is -2.12. The number of phenolic OH excluding ortho intramolecular Hbond substituents is 1. The summed E-state index contributed by atoms with van der Waals surface area (Å²) in [7, 11) is 0. The molecule has 0 aliphatic carbocycles. The highest BCUT2D eigenvalue weighted by molar-refractivity contribution is 7.15. The minimum atomic E-state index is -0.427. The Bertz CT molecular complexity index is 1560. The van der Waals surface area contributed by atoms with E-state index < -0.39 is 6.03 Å². The van der Waals surface area contributed by atoms with Gasteiger partial charge in [-0.25, -0.2) is 4.79 Å². The molecule has 0 aliphatic heterocycles. The highest BCUT2D eigenvalue weighted by atomic mass is 32.1. The molecule has 10 heteroatoms. The highest BCUT2D eigenvalue weighted by Gasteiger charge is 2.20. The number of amides is 2. The lowest BCUT2D eigenvalue weighted by atomic mass is 9.98. The number of aromatic amines is 2. The molecule has 5 aromatic rings. The van der Waals surface area contributed by atoms with Crippen molar-refractivity contribution < 1.29 is 14.7 Å². The standard InChI is InChI=1S/C24H22N6O3S/c1-24(2,3)21-29-30-23(34-21)28-22(33)25-14-4-6-16-12(8-14)10-18(26-16)20(32)19-11-13-9-15(31)5-7-17(13)27-19/h4-11,26-27,31H,1-3H3,(H2,25,28,30,33). The molecule has 0 bridgehead atoms. The van der Waals surface area contributed by atoms with Crippen LogP contribution in [0.5, 0.6) is 5.75 Å². The van der Waals surface area contributed by atoms with Crippen molar-refractivity contribution in [2.24, 2.45) is 0 Å². The summed E-state index contributed by atoms with van der Waals surface area (Å²) >= 11 is 1.33. The number of carbonyl (C=O) groups is 2. The van der Waals surface area contributed by atoms with E-state index in [0.717, 1.165) is 26.8 Å². The second kappa shape index (κ2) is 7.99. The summed E-state index contributed by atoms with van der Waals surface area (Å²) in [5.74, 6) is -0.0639. The molecule has 0 spiro atoms. The lowest BCUT2D eigenvalue weighted by Crippen LogP contribution is -2.19. The van der Waals surface area contributed by atoms with Crippen LogP contribution < -0.4 is 10.6 Å². The molecular weight excluding hydrogens is 452 g/mol. The first kappa shape index (κ1) is 21.7. The third kappa shape index (κ3) is 4.23. The number of nitrogens with zero attached hydrogens (tertiary/aromatic N) is 2. The summed E-state index contributed by atoms with van der Waals surface area (Å²) in [6.07, 6.45) is 0. The summed E-state index contributed by atoms with van der Waals surface area (Å²) in [4.78, 5) is 31.6. The van der Waals surface area contributed by atoms with E-state index in [1.807, 2.05) is 20.8 Å². The number of fused-ring (bicyclic) bond motifs is 2. The molecule has 172 valence electrons. The van der Waals surface area contributed by atoms with Crippen LogP contribution in [0.4, 0.5) is 15.6 Å². The van der Waals surface area contributed by atoms with Crippen molar-refractivity contribution in [3.8, 4) is 5.75 Å². The number of hydrogen-bond acceptors (Lipinski definition) is 6. The quantitative estimate of drug-likeness (QED) is 0.223. The zero-order chi connectivity index (χ0) is 24.0. The van der Waals surface area contributed by atoms with Gasteiger partial charge in [0.15, 0.2) is 0 Å². The fraction of sp³-hybridized carbons (Fsp3) is 0.167. The van der Waals surface area contributed by atoms with Gasteiger partial charge in [0, 0.05) is 32.9 Å². The van der Waals surface area contributed by atoms with Crippen molar-refractivity contribution in [1.82, 2.24) is 20.2 Å². The summed E-state index contributed by atoms with van der Waals surface area (Å²) in [6, 6.07) is 13.2. The monoisotopic (exact) mass is 474 g/mol. The third-order valence-corrected chi connectivity index (χ3v) is 6.52. The Morgan fingerprint density at radius 2 is 1.53 bits per heavy atom. The van der Waals surface area contributed by atoms with Gasteiger partial charge in [-0.1, -0.05) is 32.1 Å². The number of anilines is 2. The Morgan fingerprint density at radius 3 is 2.18 bits per heavy atom. The second-order valence-corrected chi connectivity index (χ2v) is 9.99. The Hall–Kier alpha value is -4.18. The van der Waals surface area contributed by atoms with Crippen LogP contribution in [-0.4, -0.2) is 37.1 Å². The number of ketones is 1. The Kier molecular flexibility index (Phi) is 5.09. The average molecular weight is 475 g/mol. The van der Waals surface area contributed by atoms with Crippen LogP contribution in [0.25, 0.3) is 21.8 Å². The van der Waals surface area contributed by atoms with Crippen molar-refractivity contribution in [3.63, 3.8) is 0 Å². The van der Waals surface area contributed by atoms with Gasteiger partial charge in [0.25, 0.3) is 0 Å². The second-order valence-electron chi connectivity index (χ2n) is 9.01. The van der Waals surface area contributed by atoms with Gasteiger partial charge in [-0.15, -0.1) is 10.2 Å². The number of nitrogens with one attached hydrogen (secondary N) is 4. The van der Waals surface area contributed by atoms with Crippen LogP contribution in [0.15, 0.2) is 48.5 Å². The van der Waals surface area contributed by atoms with Gasteiger partial charge >= 0.3 is 6.03 Å². The molecule has 0 saturated heterocycles. The fourth-order valence-electron chi connectivity index (χ4n) is 3.56. The number of urea groups is 1. The molecule has 9 nitrogen and oxygen atoms in total. The highest BCUT2D eigenvalue weighted by Crippen LogP contribution is 2.28. The van der Waals surface area contributed by atoms with Crippen molar-refractivity contribution >= 4 is 55.8 Å². The average Bonchev–Trinajstić information content (AvgIpc) is 3.49. The summed E-state index contributed by atoms with van der Waals surface area (Å²) in [5.41, 5.74) is 2.79. The largest absolute Gasteiger partial charge is 0.508 e. The van der Waals surface area contributed by atoms with Gasteiger partial charge < -0.3 is 20.4 Å². The first-order valence-electron chi connectivity index (χ1n) is 10.6. The molecular formula is C24H22N6O3S. The molecule has 2 amide bonds. The first-order chi connectivity index (χ1) is 16.2. The minimum absolute atomic E-state index is 0.140. The number of phenols is 1. The molecule has 5 N–H and O–H groups in total. The number of benzene rings is 2.